The van der Waals surface area contributed by atoms with Gasteiger partial charge in [-0.15, -0.1) is 0 Å². The molecule has 0 unspecified atom stereocenters. The summed E-state index contributed by atoms with van der Waals surface area (Å²) in [6.07, 6.45) is 1.67. The Bertz CT molecular complexity index is 1180. The van der Waals surface area contributed by atoms with Crippen LogP contribution in [-0.2, 0) is 9.84 Å². The second-order valence-electron chi connectivity index (χ2n) is 7.35. The van der Waals surface area contributed by atoms with Gasteiger partial charge in [0.05, 0.1) is 34.1 Å². The number of hydrogen-bond donors (Lipinski definition) is 0. The molecule has 1 fully saturated rings. The molecule has 156 valence electrons. The number of amides is 1. The van der Waals surface area contributed by atoms with Crippen molar-refractivity contribution < 1.29 is 17.6 Å². The minimum atomic E-state index is -3.59. The fourth-order valence-electron chi connectivity index (χ4n) is 3.85. The number of hydrogen-bond acceptors (Lipinski definition) is 4. The third-order valence-corrected chi connectivity index (χ3v) is 7.63. The van der Waals surface area contributed by atoms with E-state index in [1.165, 1.54) is 29.3 Å². The molecule has 2 aromatic carbocycles. The second-order valence-corrected chi connectivity index (χ2v) is 9.65. The van der Waals surface area contributed by atoms with E-state index in [4.69, 9.17) is 0 Å². The molecule has 0 spiro atoms. The van der Waals surface area contributed by atoms with Crippen LogP contribution in [0.5, 0.6) is 0 Å². The topological polar surface area (TPSA) is 72.3 Å². The Hall–Kier alpha value is -3.00. The van der Waals surface area contributed by atoms with Gasteiger partial charge < -0.3 is 4.90 Å². The summed E-state index contributed by atoms with van der Waals surface area (Å²) in [7, 11) is -3.59. The number of carbonyl (C=O) groups is 1. The van der Waals surface area contributed by atoms with Crippen molar-refractivity contribution in [3.63, 3.8) is 0 Å². The maximum atomic E-state index is 14.2. The minimum Gasteiger partial charge on any atom is -0.337 e. The lowest BCUT2D eigenvalue weighted by atomic mass is 10.1. The van der Waals surface area contributed by atoms with Gasteiger partial charge in [0.25, 0.3) is 5.91 Å². The molecule has 30 heavy (non-hydrogen) atoms. The predicted octanol–water partition coefficient (Wildman–Crippen LogP) is 3.32. The Morgan fingerprint density at radius 3 is 2.50 bits per heavy atom. The zero-order valence-corrected chi connectivity index (χ0v) is 17.3. The van der Waals surface area contributed by atoms with Crippen LogP contribution in [-0.4, -0.2) is 47.8 Å². The normalized spacial score (nSPS) is 18.7. The van der Waals surface area contributed by atoms with E-state index in [2.05, 4.69) is 5.10 Å². The summed E-state index contributed by atoms with van der Waals surface area (Å²) in [6, 6.07) is 15.4. The first kappa shape index (κ1) is 20.3. The van der Waals surface area contributed by atoms with Crippen molar-refractivity contribution in [3.05, 3.63) is 83.4 Å². The lowest BCUT2D eigenvalue weighted by Crippen LogP contribution is -2.33. The van der Waals surface area contributed by atoms with Crippen LogP contribution in [0.2, 0.25) is 0 Å². The number of benzene rings is 2. The van der Waals surface area contributed by atoms with Crippen LogP contribution >= 0.6 is 0 Å². The van der Waals surface area contributed by atoms with Crippen LogP contribution in [0.25, 0.3) is 5.69 Å². The van der Waals surface area contributed by atoms with E-state index in [1.807, 2.05) is 37.3 Å². The van der Waals surface area contributed by atoms with E-state index >= 15 is 0 Å². The number of nitrogens with zero attached hydrogens (tertiary/aromatic N) is 3. The van der Waals surface area contributed by atoms with E-state index in [0.717, 1.165) is 5.69 Å². The molecular weight excluding hydrogens is 405 g/mol. The van der Waals surface area contributed by atoms with Crippen LogP contribution < -0.4 is 0 Å². The van der Waals surface area contributed by atoms with Crippen LogP contribution in [0.3, 0.4) is 0 Å². The Balaban J connectivity index is 1.59. The monoisotopic (exact) mass is 427 g/mol. The van der Waals surface area contributed by atoms with Crippen molar-refractivity contribution in [1.82, 2.24) is 14.7 Å². The van der Waals surface area contributed by atoms with Crippen molar-refractivity contribution in [1.29, 1.82) is 0 Å². The average molecular weight is 428 g/mol. The van der Waals surface area contributed by atoms with Crippen molar-refractivity contribution in [2.24, 2.45) is 0 Å². The number of rotatable bonds is 3. The Morgan fingerprint density at radius 1 is 1.07 bits per heavy atom. The Kier molecular flexibility index (Phi) is 5.42. The van der Waals surface area contributed by atoms with Crippen LogP contribution in [0, 0.1) is 12.7 Å². The molecular formula is C22H22FN3O3S. The standard InChI is InChI=1S/C22H22FN3O3S/c1-16-19(15-24-26(16)17-7-3-2-4-8-17)22(27)25-12-11-21(30(28,29)14-13-25)18-9-5-6-10-20(18)23/h2-10,15,21H,11-14H2,1H3/t21-/m1/s1. The number of carbonyl (C=O) groups excluding carboxylic acids is 1. The average Bonchev–Trinajstić information content (AvgIpc) is 3.04. The van der Waals surface area contributed by atoms with Gasteiger partial charge in [0.1, 0.15) is 5.82 Å². The summed E-state index contributed by atoms with van der Waals surface area (Å²) < 4.78 is 41.5. The summed E-state index contributed by atoms with van der Waals surface area (Å²) in [5.41, 5.74) is 2.12. The van der Waals surface area contributed by atoms with E-state index in [1.54, 1.807) is 10.7 Å². The largest absolute Gasteiger partial charge is 0.337 e. The second kappa shape index (κ2) is 8.02. The fourth-order valence-corrected chi connectivity index (χ4v) is 5.65. The van der Waals surface area contributed by atoms with E-state index in [9.17, 15) is 17.6 Å². The lowest BCUT2D eigenvalue weighted by molar-refractivity contribution is 0.0766. The molecule has 8 heteroatoms. The first-order chi connectivity index (χ1) is 14.4. The molecule has 1 aliphatic rings. The number of halogens is 1. The quantitative estimate of drug-likeness (QED) is 0.643. The molecule has 6 nitrogen and oxygen atoms in total. The molecule has 0 bridgehead atoms. The fraction of sp³-hybridized carbons (Fsp3) is 0.273. The molecule has 2 heterocycles. The van der Waals surface area contributed by atoms with Gasteiger partial charge in [0.2, 0.25) is 0 Å². The molecule has 1 aliphatic heterocycles. The molecule has 0 radical (unpaired) electrons. The van der Waals surface area contributed by atoms with E-state index in [0.29, 0.717) is 11.3 Å². The van der Waals surface area contributed by atoms with Crippen molar-refractivity contribution in [3.8, 4) is 5.69 Å². The zero-order chi connectivity index (χ0) is 21.3. The van der Waals surface area contributed by atoms with Crippen LogP contribution in [0.1, 0.15) is 33.3 Å². The molecule has 0 aliphatic carbocycles. The number of aromatic nitrogens is 2. The summed E-state index contributed by atoms with van der Waals surface area (Å²) in [6.45, 7) is 2.11. The van der Waals surface area contributed by atoms with Crippen molar-refractivity contribution in [2.45, 2.75) is 18.6 Å². The molecule has 4 rings (SSSR count). The van der Waals surface area contributed by atoms with E-state index in [-0.39, 0.29) is 36.7 Å². The molecule has 1 amide bonds. The third kappa shape index (κ3) is 3.75. The molecule has 0 saturated carbocycles. The van der Waals surface area contributed by atoms with Gasteiger partial charge in [-0.3, -0.25) is 4.79 Å². The minimum absolute atomic E-state index is 0.0715. The summed E-state index contributed by atoms with van der Waals surface area (Å²) >= 11 is 0. The predicted molar refractivity (Wildman–Crippen MR) is 112 cm³/mol. The summed E-state index contributed by atoms with van der Waals surface area (Å²) in [4.78, 5) is 14.7. The highest BCUT2D eigenvalue weighted by molar-refractivity contribution is 7.91. The van der Waals surface area contributed by atoms with Gasteiger partial charge in [-0.2, -0.15) is 5.10 Å². The number of para-hydroxylation sites is 1. The van der Waals surface area contributed by atoms with Crippen molar-refractivity contribution >= 4 is 15.7 Å². The van der Waals surface area contributed by atoms with Gasteiger partial charge in [-0.1, -0.05) is 36.4 Å². The van der Waals surface area contributed by atoms with Gasteiger partial charge >= 0.3 is 0 Å². The lowest BCUT2D eigenvalue weighted by Gasteiger charge is -2.20. The maximum Gasteiger partial charge on any atom is 0.257 e. The molecule has 1 aromatic heterocycles. The van der Waals surface area contributed by atoms with Crippen LogP contribution in [0.15, 0.2) is 60.8 Å². The van der Waals surface area contributed by atoms with Gasteiger partial charge in [-0.25, -0.2) is 17.5 Å². The van der Waals surface area contributed by atoms with Crippen LogP contribution in [0.4, 0.5) is 4.39 Å². The number of sulfone groups is 1. The summed E-state index contributed by atoms with van der Waals surface area (Å²) in [5, 5.41) is 3.38. The highest BCUT2D eigenvalue weighted by Gasteiger charge is 2.34. The highest BCUT2D eigenvalue weighted by atomic mass is 32.2. The first-order valence-electron chi connectivity index (χ1n) is 9.74. The highest BCUT2D eigenvalue weighted by Crippen LogP contribution is 2.31. The van der Waals surface area contributed by atoms with Gasteiger partial charge in [-0.05, 0) is 31.5 Å². The first-order valence-corrected chi connectivity index (χ1v) is 11.5. The van der Waals surface area contributed by atoms with Gasteiger partial charge in [0.15, 0.2) is 9.84 Å². The smallest absolute Gasteiger partial charge is 0.257 e. The zero-order valence-electron chi connectivity index (χ0n) is 16.5. The Labute approximate surface area is 174 Å². The molecule has 0 N–H and O–H groups in total. The van der Waals surface area contributed by atoms with E-state index < -0.39 is 20.9 Å². The molecule has 1 atom stereocenters. The molecule has 3 aromatic rings. The summed E-state index contributed by atoms with van der Waals surface area (Å²) in [5.74, 6) is -1.01. The SMILES string of the molecule is Cc1c(C(=O)N2CC[C@H](c3ccccc3F)S(=O)(=O)CC2)cnn1-c1ccccc1. The van der Waals surface area contributed by atoms with Gasteiger partial charge in [0, 0.05) is 18.7 Å². The molecule has 1 saturated heterocycles. The maximum absolute atomic E-state index is 14.2. The van der Waals surface area contributed by atoms with Crippen molar-refractivity contribution in [2.75, 3.05) is 18.8 Å². The third-order valence-electron chi connectivity index (χ3n) is 5.52. The Morgan fingerprint density at radius 2 is 1.77 bits per heavy atom.